The number of nitrogens with two attached hydrogens (primary N) is 1. The van der Waals surface area contributed by atoms with E-state index in [1.165, 1.54) is 0 Å². The first-order valence-electron chi connectivity index (χ1n) is 6.45. The SMILES string of the molecule is CCOCCc1noc(C2CCC(N)CC2)n1. The van der Waals surface area contributed by atoms with Crippen LogP contribution in [0.1, 0.15) is 50.2 Å². The Morgan fingerprint density at radius 3 is 2.82 bits per heavy atom. The molecule has 0 saturated heterocycles. The number of nitrogens with zero attached hydrogens (tertiary/aromatic N) is 2. The summed E-state index contributed by atoms with van der Waals surface area (Å²) in [6.45, 7) is 3.36. The van der Waals surface area contributed by atoms with Gasteiger partial charge in [-0.2, -0.15) is 4.98 Å². The van der Waals surface area contributed by atoms with Crippen molar-refractivity contribution in [3.8, 4) is 0 Å². The predicted molar refractivity (Wildman–Crippen MR) is 63.7 cm³/mol. The summed E-state index contributed by atoms with van der Waals surface area (Å²) in [5, 5.41) is 3.98. The van der Waals surface area contributed by atoms with Gasteiger partial charge in [-0.1, -0.05) is 5.16 Å². The van der Waals surface area contributed by atoms with Crippen molar-refractivity contribution in [2.75, 3.05) is 13.2 Å². The molecular formula is C12H21N3O2. The van der Waals surface area contributed by atoms with E-state index in [9.17, 15) is 0 Å². The molecule has 1 aliphatic rings. The van der Waals surface area contributed by atoms with Crippen LogP contribution < -0.4 is 5.73 Å². The van der Waals surface area contributed by atoms with Gasteiger partial charge in [0.15, 0.2) is 5.82 Å². The second-order valence-corrected chi connectivity index (χ2v) is 4.61. The van der Waals surface area contributed by atoms with Crippen molar-refractivity contribution in [1.29, 1.82) is 0 Å². The number of hydrogen-bond acceptors (Lipinski definition) is 5. The molecule has 1 saturated carbocycles. The van der Waals surface area contributed by atoms with Gasteiger partial charge in [-0.05, 0) is 32.6 Å². The first-order chi connectivity index (χ1) is 8.29. The van der Waals surface area contributed by atoms with Gasteiger partial charge >= 0.3 is 0 Å². The van der Waals surface area contributed by atoms with E-state index in [-0.39, 0.29) is 0 Å². The van der Waals surface area contributed by atoms with Crippen LogP contribution in [-0.2, 0) is 11.2 Å². The normalized spacial score (nSPS) is 25.1. The second-order valence-electron chi connectivity index (χ2n) is 4.61. The standard InChI is InChI=1S/C12H21N3O2/c1-2-16-8-7-11-14-12(17-15-11)9-3-5-10(13)6-4-9/h9-10H,2-8,13H2,1H3. The average Bonchev–Trinajstić information content (AvgIpc) is 2.79. The maximum Gasteiger partial charge on any atom is 0.229 e. The van der Waals surface area contributed by atoms with E-state index < -0.39 is 0 Å². The summed E-state index contributed by atoms with van der Waals surface area (Å²) < 4.78 is 10.6. The predicted octanol–water partition coefficient (Wildman–Crippen LogP) is 1.63. The number of ether oxygens (including phenoxy) is 1. The lowest BCUT2D eigenvalue weighted by Gasteiger charge is -2.22. The molecule has 2 rings (SSSR count). The van der Waals surface area contributed by atoms with Crippen LogP contribution in [-0.4, -0.2) is 29.4 Å². The molecule has 2 N–H and O–H groups in total. The van der Waals surface area contributed by atoms with Crippen LogP contribution in [0.25, 0.3) is 0 Å². The van der Waals surface area contributed by atoms with Crippen LogP contribution in [0.3, 0.4) is 0 Å². The van der Waals surface area contributed by atoms with Crippen LogP contribution >= 0.6 is 0 Å². The minimum atomic E-state index is 0.353. The van der Waals surface area contributed by atoms with Gasteiger partial charge < -0.3 is 15.0 Å². The number of rotatable bonds is 5. The quantitative estimate of drug-likeness (QED) is 0.790. The first kappa shape index (κ1) is 12.5. The Morgan fingerprint density at radius 2 is 2.12 bits per heavy atom. The zero-order valence-corrected chi connectivity index (χ0v) is 10.4. The smallest absolute Gasteiger partial charge is 0.229 e. The highest BCUT2D eigenvalue weighted by Gasteiger charge is 2.24. The third kappa shape index (κ3) is 3.51. The van der Waals surface area contributed by atoms with Crippen LogP contribution in [0.4, 0.5) is 0 Å². The fourth-order valence-corrected chi connectivity index (χ4v) is 2.21. The van der Waals surface area contributed by atoms with E-state index in [0.717, 1.165) is 50.4 Å². The summed E-state index contributed by atoms with van der Waals surface area (Å²) in [7, 11) is 0. The summed E-state index contributed by atoms with van der Waals surface area (Å²) in [5.74, 6) is 1.94. The molecule has 96 valence electrons. The number of hydrogen-bond donors (Lipinski definition) is 1. The van der Waals surface area contributed by atoms with E-state index in [1.54, 1.807) is 0 Å². The Hall–Kier alpha value is -0.940. The summed E-state index contributed by atoms with van der Waals surface area (Å²) in [4.78, 5) is 4.43. The highest BCUT2D eigenvalue weighted by Crippen LogP contribution is 2.31. The monoisotopic (exact) mass is 239 g/mol. The van der Waals surface area contributed by atoms with Gasteiger partial charge in [-0.25, -0.2) is 0 Å². The Kier molecular flexibility index (Phi) is 4.50. The summed E-state index contributed by atoms with van der Waals surface area (Å²) in [6.07, 6.45) is 4.97. The highest BCUT2D eigenvalue weighted by molar-refractivity contribution is 4.97. The molecule has 0 radical (unpaired) electrons. The summed E-state index contributed by atoms with van der Waals surface area (Å²) in [5.41, 5.74) is 5.88. The van der Waals surface area contributed by atoms with Gasteiger partial charge in [0.05, 0.1) is 6.61 Å². The molecule has 5 nitrogen and oxygen atoms in total. The molecular weight excluding hydrogens is 218 g/mol. The van der Waals surface area contributed by atoms with Gasteiger partial charge in [-0.15, -0.1) is 0 Å². The Bertz CT molecular complexity index is 332. The van der Waals surface area contributed by atoms with Crippen LogP contribution in [0.15, 0.2) is 4.52 Å². The third-order valence-electron chi connectivity index (χ3n) is 3.28. The Labute approximate surface area is 102 Å². The molecule has 1 heterocycles. The van der Waals surface area contributed by atoms with Gasteiger partial charge in [0.2, 0.25) is 5.89 Å². The summed E-state index contributed by atoms with van der Waals surface area (Å²) >= 11 is 0. The average molecular weight is 239 g/mol. The molecule has 0 bridgehead atoms. The van der Waals surface area contributed by atoms with Gasteiger partial charge in [0.1, 0.15) is 0 Å². The molecule has 17 heavy (non-hydrogen) atoms. The fraction of sp³-hybridized carbons (Fsp3) is 0.833. The molecule has 0 aliphatic heterocycles. The van der Waals surface area contributed by atoms with Gasteiger partial charge in [-0.3, -0.25) is 0 Å². The van der Waals surface area contributed by atoms with E-state index in [0.29, 0.717) is 18.6 Å². The van der Waals surface area contributed by atoms with Crippen molar-refractivity contribution in [1.82, 2.24) is 10.1 Å². The topological polar surface area (TPSA) is 74.2 Å². The Morgan fingerprint density at radius 1 is 1.35 bits per heavy atom. The molecule has 0 atom stereocenters. The zero-order valence-electron chi connectivity index (χ0n) is 10.4. The second kappa shape index (κ2) is 6.12. The fourth-order valence-electron chi connectivity index (χ4n) is 2.21. The maximum absolute atomic E-state index is 5.88. The minimum absolute atomic E-state index is 0.353. The van der Waals surface area contributed by atoms with E-state index in [2.05, 4.69) is 10.1 Å². The largest absolute Gasteiger partial charge is 0.381 e. The minimum Gasteiger partial charge on any atom is -0.381 e. The van der Waals surface area contributed by atoms with Crippen molar-refractivity contribution < 1.29 is 9.26 Å². The van der Waals surface area contributed by atoms with Crippen LogP contribution in [0.2, 0.25) is 0 Å². The van der Waals surface area contributed by atoms with Crippen molar-refractivity contribution >= 4 is 0 Å². The molecule has 1 aromatic rings. The molecule has 0 spiro atoms. The molecule has 1 aromatic heterocycles. The maximum atomic E-state index is 5.88. The van der Waals surface area contributed by atoms with Crippen molar-refractivity contribution in [3.05, 3.63) is 11.7 Å². The molecule has 5 heteroatoms. The molecule has 1 aliphatic carbocycles. The third-order valence-corrected chi connectivity index (χ3v) is 3.28. The lowest BCUT2D eigenvalue weighted by Crippen LogP contribution is -2.25. The molecule has 0 amide bonds. The van der Waals surface area contributed by atoms with Gasteiger partial charge in [0, 0.05) is 25.0 Å². The zero-order chi connectivity index (χ0) is 12.1. The van der Waals surface area contributed by atoms with E-state index >= 15 is 0 Å². The Balaban J connectivity index is 1.85. The van der Waals surface area contributed by atoms with Crippen LogP contribution in [0, 0.1) is 0 Å². The van der Waals surface area contributed by atoms with Crippen molar-refractivity contribution in [2.24, 2.45) is 5.73 Å². The first-order valence-corrected chi connectivity index (χ1v) is 6.45. The lowest BCUT2D eigenvalue weighted by molar-refractivity contribution is 0.149. The number of aromatic nitrogens is 2. The van der Waals surface area contributed by atoms with Crippen molar-refractivity contribution in [3.63, 3.8) is 0 Å². The van der Waals surface area contributed by atoms with Crippen molar-refractivity contribution in [2.45, 2.75) is 51.0 Å². The lowest BCUT2D eigenvalue weighted by atomic mass is 9.86. The highest BCUT2D eigenvalue weighted by atomic mass is 16.5. The molecule has 0 unspecified atom stereocenters. The molecule has 1 fully saturated rings. The van der Waals surface area contributed by atoms with E-state index in [1.807, 2.05) is 6.92 Å². The van der Waals surface area contributed by atoms with Gasteiger partial charge in [0.25, 0.3) is 0 Å². The molecule has 0 aromatic carbocycles. The summed E-state index contributed by atoms with van der Waals surface area (Å²) in [6, 6.07) is 0.353. The van der Waals surface area contributed by atoms with E-state index in [4.69, 9.17) is 15.0 Å². The van der Waals surface area contributed by atoms with Crippen LogP contribution in [0.5, 0.6) is 0 Å².